The van der Waals surface area contributed by atoms with Crippen molar-refractivity contribution in [1.82, 2.24) is 4.90 Å². The minimum Gasteiger partial charge on any atom is -0.469 e. The molecule has 0 saturated carbocycles. The third-order valence-electron chi connectivity index (χ3n) is 4.20. The number of amides is 1. The molecule has 0 bridgehead atoms. The summed E-state index contributed by atoms with van der Waals surface area (Å²) in [7, 11) is 1.38. The van der Waals surface area contributed by atoms with Gasteiger partial charge in [-0.25, -0.2) is 0 Å². The van der Waals surface area contributed by atoms with Gasteiger partial charge in [0, 0.05) is 6.42 Å². The largest absolute Gasteiger partial charge is 0.469 e. The molecule has 1 amide bonds. The van der Waals surface area contributed by atoms with Gasteiger partial charge in [0.05, 0.1) is 25.6 Å². The quantitative estimate of drug-likeness (QED) is 0.641. The molecule has 0 aliphatic carbocycles. The first-order valence-electron chi connectivity index (χ1n) is 6.66. The summed E-state index contributed by atoms with van der Waals surface area (Å²) >= 11 is 0. The van der Waals surface area contributed by atoms with Crippen molar-refractivity contribution in [2.75, 3.05) is 13.7 Å². The first-order chi connectivity index (χ1) is 8.93. The maximum Gasteiger partial charge on any atom is 0.310 e. The van der Waals surface area contributed by atoms with Crippen molar-refractivity contribution < 1.29 is 23.8 Å². The van der Waals surface area contributed by atoms with Crippen LogP contribution in [0.25, 0.3) is 0 Å². The predicted molar refractivity (Wildman–Crippen MR) is 64.1 cm³/mol. The Labute approximate surface area is 112 Å². The molecule has 0 aromatic carbocycles. The van der Waals surface area contributed by atoms with E-state index in [1.807, 2.05) is 13.8 Å². The van der Waals surface area contributed by atoms with E-state index in [-0.39, 0.29) is 36.0 Å². The summed E-state index contributed by atoms with van der Waals surface area (Å²) in [6.45, 7) is 4.21. The zero-order valence-electron chi connectivity index (χ0n) is 11.4. The van der Waals surface area contributed by atoms with Crippen LogP contribution < -0.4 is 0 Å². The van der Waals surface area contributed by atoms with Crippen molar-refractivity contribution in [3.63, 3.8) is 0 Å². The molecule has 6 nitrogen and oxygen atoms in total. The van der Waals surface area contributed by atoms with E-state index >= 15 is 0 Å². The van der Waals surface area contributed by atoms with Crippen LogP contribution in [0.5, 0.6) is 0 Å². The summed E-state index contributed by atoms with van der Waals surface area (Å²) in [5, 5.41) is 0. The van der Waals surface area contributed by atoms with Gasteiger partial charge < -0.3 is 19.1 Å². The molecule has 3 rings (SSSR count). The Hall–Kier alpha value is -1.14. The molecule has 0 spiro atoms. The molecule has 3 heterocycles. The van der Waals surface area contributed by atoms with E-state index in [1.54, 1.807) is 4.90 Å². The van der Waals surface area contributed by atoms with Gasteiger partial charge in [-0.15, -0.1) is 0 Å². The zero-order valence-corrected chi connectivity index (χ0v) is 11.4. The van der Waals surface area contributed by atoms with Gasteiger partial charge in [-0.1, -0.05) is 0 Å². The van der Waals surface area contributed by atoms with E-state index in [2.05, 4.69) is 0 Å². The van der Waals surface area contributed by atoms with Crippen molar-refractivity contribution in [2.45, 2.75) is 50.7 Å². The molecule has 0 N–H and O–H groups in total. The van der Waals surface area contributed by atoms with Crippen LogP contribution in [-0.4, -0.2) is 54.5 Å². The van der Waals surface area contributed by atoms with Crippen LogP contribution in [0.3, 0.4) is 0 Å². The van der Waals surface area contributed by atoms with Gasteiger partial charge in [-0.2, -0.15) is 0 Å². The molecule has 6 heteroatoms. The Kier molecular flexibility index (Phi) is 2.83. The third-order valence-corrected chi connectivity index (χ3v) is 4.20. The SMILES string of the molecule is COC(=O)[C@H]1CCC(=O)N2C[C@H]3OC(C)(C)O[C@H]3C12. The summed E-state index contributed by atoms with van der Waals surface area (Å²) in [6, 6.07) is -0.250. The second-order valence-corrected chi connectivity index (χ2v) is 5.84. The van der Waals surface area contributed by atoms with Crippen LogP contribution in [-0.2, 0) is 23.8 Å². The van der Waals surface area contributed by atoms with Crippen molar-refractivity contribution in [3.05, 3.63) is 0 Å². The van der Waals surface area contributed by atoms with Crippen LogP contribution in [0.1, 0.15) is 26.7 Å². The van der Waals surface area contributed by atoms with E-state index in [0.717, 1.165) is 0 Å². The second-order valence-electron chi connectivity index (χ2n) is 5.84. The van der Waals surface area contributed by atoms with E-state index in [9.17, 15) is 9.59 Å². The van der Waals surface area contributed by atoms with Gasteiger partial charge in [0.25, 0.3) is 0 Å². The van der Waals surface area contributed by atoms with Crippen molar-refractivity contribution in [2.24, 2.45) is 5.92 Å². The second kappa shape index (κ2) is 4.18. The molecular formula is C13H19NO5. The van der Waals surface area contributed by atoms with Crippen LogP contribution in [0.4, 0.5) is 0 Å². The van der Waals surface area contributed by atoms with E-state index in [0.29, 0.717) is 19.4 Å². The lowest BCUT2D eigenvalue weighted by Crippen LogP contribution is -2.52. The molecule has 3 fully saturated rings. The summed E-state index contributed by atoms with van der Waals surface area (Å²) < 4.78 is 16.6. The van der Waals surface area contributed by atoms with Gasteiger partial charge >= 0.3 is 5.97 Å². The van der Waals surface area contributed by atoms with Crippen LogP contribution in [0.15, 0.2) is 0 Å². The Morgan fingerprint density at radius 1 is 1.42 bits per heavy atom. The minimum atomic E-state index is -0.650. The summed E-state index contributed by atoms with van der Waals surface area (Å²) in [5.41, 5.74) is 0. The molecule has 0 radical (unpaired) electrons. The Morgan fingerprint density at radius 2 is 2.16 bits per heavy atom. The monoisotopic (exact) mass is 269 g/mol. The standard InChI is InChI=1S/C13H19NO5/c1-13(2)18-8-6-14-9(15)5-4-7(12(16)17-3)10(14)11(8)19-13/h7-8,10-11H,4-6H2,1-3H3/t7-,8+,10?,11+/m0/s1. The lowest BCUT2D eigenvalue weighted by Gasteiger charge is -2.37. The molecule has 3 aliphatic heterocycles. The fourth-order valence-electron chi connectivity index (χ4n) is 3.50. The molecule has 0 aromatic rings. The molecule has 1 unspecified atom stereocenters. The fourth-order valence-corrected chi connectivity index (χ4v) is 3.50. The summed E-state index contributed by atoms with van der Waals surface area (Å²) in [5.74, 6) is -1.15. The molecule has 0 aromatic heterocycles. The van der Waals surface area contributed by atoms with Gasteiger partial charge in [-0.3, -0.25) is 9.59 Å². The van der Waals surface area contributed by atoms with E-state index < -0.39 is 5.79 Å². The zero-order chi connectivity index (χ0) is 13.8. The van der Waals surface area contributed by atoms with Gasteiger partial charge in [-0.05, 0) is 20.3 Å². The topological polar surface area (TPSA) is 65.1 Å². The number of esters is 1. The number of nitrogens with zero attached hydrogens (tertiary/aromatic N) is 1. The van der Waals surface area contributed by atoms with E-state index in [4.69, 9.17) is 14.2 Å². The number of methoxy groups -OCH3 is 1. The number of carbonyl (C=O) groups is 2. The number of carbonyl (C=O) groups excluding carboxylic acids is 2. The first kappa shape index (κ1) is 12.9. The number of hydrogen-bond acceptors (Lipinski definition) is 5. The molecule has 106 valence electrons. The van der Waals surface area contributed by atoms with Gasteiger partial charge in [0.1, 0.15) is 12.2 Å². The Bertz CT molecular complexity index is 421. The number of rotatable bonds is 1. The van der Waals surface area contributed by atoms with Gasteiger partial charge in [0.15, 0.2) is 5.79 Å². The number of hydrogen-bond donors (Lipinski definition) is 0. The molecule has 3 saturated heterocycles. The maximum atomic E-state index is 12.0. The lowest BCUT2D eigenvalue weighted by molar-refractivity contribution is -0.178. The molecule has 19 heavy (non-hydrogen) atoms. The van der Waals surface area contributed by atoms with Crippen LogP contribution in [0.2, 0.25) is 0 Å². The summed E-state index contributed by atoms with van der Waals surface area (Å²) in [6.07, 6.45) is 0.538. The smallest absolute Gasteiger partial charge is 0.310 e. The Balaban J connectivity index is 1.88. The molecule has 3 aliphatic rings. The minimum absolute atomic E-state index is 0.0737. The molecule has 4 atom stereocenters. The highest BCUT2D eigenvalue weighted by atomic mass is 16.8. The number of piperidine rings is 1. The Morgan fingerprint density at radius 3 is 2.84 bits per heavy atom. The average molecular weight is 269 g/mol. The van der Waals surface area contributed by atoms with Crippen LogP contribution >= 0.6 is 0 Å². The van der Waals surface area contributed by atoms with Crippen LogP contribution in [0, 0.1) is 5.92 Å². The maximum absolute atomic E-state index is 12.0. The molecular weight excluding hydrogens is 250 g/mol. The predicted octanol–water partition coefficient (Wildman–Crippen LogP) is 0.300. The number of fused-ring (bicyclic) bond motifs is 3. The number of ether oxygens (including phenoxy) is 3. The lowest BCUT2D eigenvalue weighted by atomic mass is 9.87. The van der Waals surface area contributed by atoms with Crippen molar-refractivity contribution >= 4 is 11.9 Å². The normalized spacial score (nSPS) is 39.9. The van der Waals surface area contributed by atoms with Gasteiger partial charge in [0.2, 0.25) is 5.91 Å². The van der Waals surface area contributed by atoms with Crippen molar-refractivity contribution in [3.8, 4) is 0 Å². The highest BCUT2D eigenvalue weighted by Gasteiger charge is 2.58. The van der Waals surface area contributed by atoms with Crippen molar-refractivity contribution in [1.29, 1.82) is 0 Å². The highest BCUT2D eigenvalue weighted by molar-refractivity contribution is 5.82. The fraction of sp³-hybridized carbons (Fsp3) is 0.846. The average Bonchev–Trinajstić information content (AvgIpc) is 2.82. The third kappa shape index (κ3) is 1.94. The highest BCUT2D eigenvalue weighted by Crippen LogP contribution is 2.42. The summed E-state index contributed by atoms with van der Waals surface area (Å²) in [4.78, 5) is 25.6. The van der Waals surface area contributed by atoms with E-state index in [1.165, 1.54) is 7.11 Å². The first-order valence-corrected chi connectivity index (χ1v) is 6.66.